The van der Waals surface area contributed by atoms with E-state index in [0.717, 1.165) is 17.0 Å². The molecular weight excluding hydrogens is 240 g/mol. The molecule has 3 heteroatoms. The van der Waals surface area contributed by atoms with E-state index in [2.05, 4.69) is 55.5 Å². The maximum absolute atomic E-state index is 4.81. The van der Waals surface area contributed by atoms with Gasteiger partial charge in [0.1, 0.15) is 0 Å². The molecule has 0 aliphatic heterocycles. The van der Waals surface area contributed by atoms with Gasteiger partial charge in [-0.2, -0.15) is 0 Å². The van der Waals surface area contributed by atoms with Gasteiger partial charge in [-0.15, -0.1) is 17.9 Å². The van der Waals surface area contributed by atoms with Gasteiger partial charge in [-0.25, -0.2) is 4.99 Å². The van der Waals surface area contributed by atoms with Crippen LogP contribution in [0.15, 0.2) is 41.2 Å². The third-order valence-corrected chi connectivity index (χ3v) is 3.93. The Hall–Kier alpha value is -1.61. The lowest BCUT2D eigenvalue weighted by Crippen LogP contribution is -2.15. The lowest BCUT2D eigenvalue weighted by Gasteiger charge is -2.05. The second-order valence-electron chi connectivity index (χ2n) is 4.41. The first-order valence-electron chi connectivity index (χ1n) is 6.00. The van der Waals surface area contributed by atoms with Gasteiger partial charge in [0, 0.05) is 17.6 Å². The topological polar surface area (TPSA) is 17.3 Å². The summed E-state index contributed by atoms with van der Waals surface area (Å²) in [5.41, 5.74) is 4.74. The summed E-state index contributed by atoms with van der Waals surface area (Å²) in [5, 5.41) is 2.13. The van der Waals surface area contributed by atoms with E-state index in [1.54, 1.807) is 11.3 Å². The number of aryl methyl sites for hydroxylation is 3. The SMILES string of the molecule is C=CCn1c(C)csc1=Nc1c(C)cccc1C. The number of benzene rings is 1. The molecular formula is C15H18N2S. The maximum Gasteiger partial charge on any atom is 0.190 e. The molecule has 1 aromatic carbocycles. The van der Waals surface area contributed by atoms with Gasteiger partial charge in [-0.05, 0) is 31.9 Å². The molecule has 94 valence electrons. The summed E-state index contributed by atoms with van der Waals surface area (Å²) < 4.78 is 2.18. The summed E-state index contributed by atoms with van der Waals surface area (Å²) in [6.07, 6.45) is 1.91. The van der Waals surface area contributed by atoms with Crippen molar-refractivity contribution in [2.45, 2.75) is 27.3 Å². The molecule has 0 aliphatic rings. The molecule has 1 heterocycles. The van der Waals surface area contributed by atoms with Crippen LogP contribution in [0, 0.1) is 20.8 Å². The van der Waals surface area contributed by atoms with Crippen molar-refractivity contribution in [3.63, 3.8) is 0 Å². The van der Waals surface area contributed by atoms with Gasteiger partial charge in [0.25, 0.3) is 0 Å². The molecule has 1 aromatic heterocycles. The first-order valence-corrected chi connectivity index (χ1v) is 6.88. The van der Waals surface area contributed by atoms with E-state index < -0.39 is 0 Å². The van der Waals surface area contributed by atoms with E-state index in [1.165, 1.54) is 16.8 Å². The summed E-state index contributed by atoms with van der Waals surface area (Å²) in [4.78, 5) is 5.85. The zero-order valence-electron chi connectivity index (χ0n) is 11.1. The highest BCUT2D eigenvalue weighted by Crippen LogP contribution is 2.22. The molecule has 0 bridgehead atoms. The summed E-state index contributed by atoms with van der Waals surface area (Å²) in [7, 11) is 0. The number of nitrogens with zero attached hydrogens (tertiary/aromatic N) is 2. The minimum absolute atomic E-state index is 0.805. The fraction of sp³-hybridized carbons (Fsp3) is 0.267. The average Bonchev–Trinajstić information content (AvgIpc) is 2.67. The first kappa shape index (κ1) is 12.8. The second kappa shape index (κ2) is 5.36. The number of rotatable bonds is 3. The lowest BCUT2D eigenvalue weighted by molar-refractivity contribution is 0.761. The highest BCUT2D eigenvalue weighted by molar-refractivity contribution is 7.07. The quantitative estimate of drug-likeness (QED) is 0.743. The molecule has 0 aliphatic carbocycles. The largest absolute Gasteiger partial charge is 0.317 e. The highest BCUT2D eigenvalue weighted by Gasteiger charge is 2.03. The Morgan fingerprint density at radius 2 is 1.94 bits per heavy atom. The van der Waals surface area contributed by atoms with E-state index in [0.29, 0.717) is 0 Å². The Morgan fingerprint density at radius 1 is 1.28 bits per heavy atom. The number of para-hydroxylation sites is 1. The van der Waals surface area contributed by atoms with Crippen LogP contribution in [0.1, 0.15) is 16.8 Å². The van der Waals surface area contributed by atoms with Crippen LogP contribution in [0.5, 0.6) is 0 Å². The molecule has 0 saturated carbocycles. The number of aromatic nitrogens is 1. The number of hydrogen-bond acceptors (Lipinski definition) is 2. The zero-order chi connectivity index (χ0) is 13.1. The molecule has 0 amide bonds. The van der Waals surface area contributed by atoms with Crippen molar-refractivity contribution < 1.29 is 0 Å². The van der Waals surface area contributed by atoms with E-state index in [4.69, 9.17) is 4.99 Å². The smallest absolute Gasteiger partial charge is 0.190 e. The number of thiazole rings is 1. The Balaban J connectivity index is 2.61. The van der Waals surface area contributed by atoms with Gasteiger partial charge in [-0.3, -0.25) is 0 Å². The molecule has 18 heavy (non-hydrogen) atoms. The summed E-state index contributed by atoms with van der Waals surface area (Å²) >= 11 is 1.68. The predicted octanol–water partition coefficient (Wildman–Crippen LogP) is 3.89. The van der Waals surface area contributed by atoms with Crippen LogP contribution >= 0.6 is 11.3 Å². The fourth-order valence-corrected chi connectivity index (χ4v) is 2.82. The van der Waals surface area contributed by atoms with E-state index >= 15 is 0 Å². The van der Waals surface area contributed by atoms with Crippen LogP contribution < -0.4 is 4.80 Å². The molecule has 0 radical (unpaired) electrons. The van der Waals surface area contributed by atoms with Crippen LogP contribution in [0.2, 0.25) is 0 Å². The van der Waals surface area contributed by atoms with E-state index in [1.807, 2.05) is 6.08 Å². The molecule has 2 nitrogen and oxygen atoms in total. The Kier molecular flexibility index (Phi) is 3.82. The average molecular weight is 258 g/mol. The lowest BCUT2D eigenvalue weighted by atomic mass is 10.1. The highest BCUT2D eigenvalue weighted by atomic mass is 32.1. The van der Waals surface area contributed by atoms with E-state index in [-0.39, 0.29) is 0 Å². The first-order chi connectivity index (χ1) is 8.63. The Morgan fingerprint density at radius 3 is 2.56 bits per heavy atom. The molecule has 0 saturated heterocycles. The van der Waals surface area contributed by atoms with Gasteiger partial charge >= 0.3 is 0 Å². The van der Waals surface area contributed by atoms with Crippen molar-refractivity contribution in [2.24, 2.45) is 4.99 Å². The van der Waals surface area contributed by atoms with Gasteiger partial charge < -0.3 is 4.57 Å². The van der Waals surface area contributed by atoms with Gasteiger partial charge in [0.05, 0.1) is 5.69 Å². The maximum atomic E-state index is 4.81. The van der Waals surface area contributed by atoms with Gasteiger partial charge in [0.2, 0.25) is 0 Å². The van der Waals surface area contributed by atoms with Crippen LogP contribution in [0.25, 0.3) is 0 Å². The van der Waals surface area contributed by atoms with Crippen molar-refractivity contribution in [2.75, 3.05) is 0 Å². The molecule has 0 unspecified atom stereocenters. The van der Waals surface area contributed by atoms with Crippen molar-refractivity contribution in [3.05, 3.63) is 57.9 Å². The monoisotopic (exact) mass is 258 g/mol. The molecule has 2 aromatic rings. The molecule has 0 spiro atoms. The second-order valence-corrected chi connectivity index (χ2v) is 5.25. The standard InChI is InChI=1S/C15H18N2S/c1-5-9-17-13(4)10-18-15(17)16-14-11(2)7-6-8-12(14)3/h5-8,10H,1,9H2,2-4H3. The minimum Gasteiger partial charge on any atom is -0.317 e. The molecule has 2 rings (SSSR count). The third kappa shape index (κ3) is 2.46. The summed E-state index contributed by atoms with van der Waals surface area (Å²) in [6.45, 7) is 10.9. The van der Waals surface area contributed by atoms with Gasteiger partial charge in [0.15, 0.2) is 4.80 Å². The van der Waals surface area contributed by atoms with Gasteiger partial charge in [-0.1, -0.05) is 24.3 Å². The zero-order valence-corrected chi connectivity index (χ0v) is 11.9. The number of hydrogen-bond donors (Lipinski definition) is 0. The van der Waals surface area contributed by atoms with E-state index in [9.17, 15) is 0 Å². The Labute approximate surface area is 112 Å². The Bertz CT molecular complexity index is 612. The van der Waals surface area contributed by atoms with Crippen molar-refractivity contribution in [1.29, 1.82) is 0 Å². The van der Waals surface area contributed by atoms with Crippen molar-refractivity contribution in [3.8, 4) is 0 Å². The van der Waals surface area contributed by atoms with Crippen LogP contribution in [-0.2, 0) is 6.54 Å². The fourth-order valence-electron chi connectivity index (χ4n) is 1.93. The summed E-state index contributed by atoms with van der Waals surface area (Å²) in [6, 6.07) is 6.27. The predicted molar refractivity (Wildman–Crippen MR) is 78.4 cm³/mol. The third-order valence-electron chi connectivity index (χ3n) is 2.95. The van der Waals surface area contributed by atoms with Crippen molar-refractivity contribution in [1.82, 2.24) is 4.57 Å². The summed E-state index contributed by atoms with van der Waals surface area (Å²) in [5.74, 6) is 0. The minimum atomic E-state index is 0.805. The normalized spacial score (nSPS) is 11.8. The van der Waals surface area contributed by atoms with Crippen molar-refractivity contribution >= 4 is 17.0 Å². The molecule has 0 atom stereocenters. The number of allylic oxidation sites excluding steroid dienone is 1. The van der Waals surface area contributed by atoms with Crippen LogP contribution in [-0.4, -0.2) is 4.57 Å². The molecule has 0 N–H and O–H groups in total. The van der Waals surface area contributed by atoms with Crippen LogP contribution in [0.4, 0.5) is 5.69 Å². The van der Waals surface area contributed by atoms with Crippen LogP contribution in [0.3, 0.4) is 0 Å². The molecule has 0 fully saturated rings.